The number of alkyl halides is 1. The molecule has 0 bridgehead atoms. The van der Waals surface area contributed by atoms with E-state index in [1.807, 2.05) is 19.1 Å². The van der Waals surface area contributed by atoms with Crippen LogP contribution >= 0.6 is 0 Å². The highest BCUT2D eigenvalue weighted by atomic mass is 19.1. The molecule has 0 heterocycles. The van der Waals surface area contributed by atoms with Crippen molar-refractivity contribution in [1.29, 1.82) is 0 Å². The maximum absolute atomic E-state index is 13.9. The van der Waals surface area contributed by atoms with Gasteiger partial charge in [0.15, 0.2) is 6.17 Å². The van der Waals surface area contributed by atoms with Gasteiger partial charge in [-0.25, -0.2) is 14.0 Å². The smallest absolute Gasteiger partial charge is 0.343 e. The van der Waals surface area contributed by atoms with E-state index < -0.39 is 18.1 Å². The minimum atomic E-state index is -1.52. The molecule has 0 unspecified atom stereocenters. The molecular formula is C38H55FO6. The molecule has 250 valence electrons. The van der Waals surface area contributed by atoms with Crippen LogP contribution in [0.4, 0.5) is 4.39 Å². The first-order chi connectivity index (χ1) is 22.0. The second-order valence-electron chi connectivity index (χ2n) is 12.4. The van der Waals surface area contributed by atoms with Crippen molar-refractivity contribution in [3.05, 3.63) is 54.1 Å². The van der Waals surface area contributed by atoms with Gasteiger partial charge in [0, 0.05) is 0 Å². The lowest BCUT2D eigenvalue weighted by molar-refractivity contribution is -0.157. The van der Waals surface area contributed by atoms with Gasteiger partial charge in [0.05, 0.1) is 18.8 Å². The lowest BCUT2D eigenvalue weighted by Crippen LogP contribution is -2.30. The topological polar surface area (TPSA) is 71.1 Å². The summed E-state index contributed by atoms with van der Waals surface area (Å²) in [5.74, 6) is 1.11. The summed E-state index contributed by atoms with van der Waals surface area (Å²) in [7, 11) is 0. The third kappa shape index (κ3) is 14.7. The summed E-state index contributed by atoms with van der Waals surface area (Å²) in [4.78, 5) is 24.6. The number of halogens is 1. The second kappa shape index (κ2) is 21.6. The van der Waals surface area contributed by atoms with E-state index in [1.54, 1.807) is 36.4 Å². The molecule has 2 aromatic rings. The number of carbonyl (C=O) groups is 2. The van der Waals surface area contributed by atoms with Crippen LogP contribution < -0.4 is 14.2 Å². The number of unbranched alkanes of at least 4 members (excludes halogenated alkanes) is 10. The van der Waals surface area contributed by atoms with Crippen molar-refractivity contribution in [2.75, 3.05) is 13.2 Å². The molecule has 1 aliphatic rings. The van der Waals surface area contributed by atoms with Crippen LogP contribution in [-0.2, 0) is 9.53 Å². The third-order valence-electron chi connectivity index (χ3n) is 8.52. The highest BCUT2D eigenvalue weighted by molar-refractivity contribution is 5.91. The standard InChI is InChI=1S/C38H55FO6/c1-3-5-7-8-9-10-11-12-13-14-28-42-32-22-18-31(19-23-32)37(40)44-35-26-24-33(25-27-35)43-29-30-16-20-34(21-17-30)45-38(41)36(39)15-6-4-2/h18-19,22-27,30,34,36H,3-17,20-21,28-29H2,1-2H3/t30-,34-,36-/m0/s1. The zero-order chi connectivity index (χ0) is 32.1. The maximum Gasteiger partial charge on any atom is 0.343 e. The summed E-state index contributed by atoms with van der Waals surface area (Å²) >= 11 is 0. The summed E-state index contributed by atoms with van der Waals surface area (Å²) in [5.41, 5.74) is 0.464. The van der Waals surface area contributed by atoms with E-state index >= 15 is 0 Å². The van der Waals surface area contributed by atoms with E-state index in [0.29, 0.717) is 42.6 Å². The SMILES string of the molecule is CCCCCCCCCCCCOc1ccc(C(=O)Oc2ccc(OC[C@H]3CC[C@H](OC(=O)[C@@H](F)CCCC)CC3)cc2)cc1. The first kappa shape index (κ1) is 36.4. The molecule has 1 aliphatic carbocycles. The van der Waals surface area contributed by atoms with Gasteiger partial charge >= 0.3 is 11.9 Å². The summed E-state index contributed by atoms with van der Waals surface area (Å²) in [5, 5.41) is 0. The number of benzene rings is 2. The van der Waals surface area contributed by atoms with Crippen LogP contribution in [0.5, 0.6) is 17.2 Å². The molecule has 0 N–H and O–H groups in total. The number of hydrogen-bond donors (Lipinski definition) is 0. The monoisotopic (exact) mass is 626 g/mol. The van der Waals surface area contributed by atoms with Crippen LogP contribution in [-0.4, -0.2) is 37.4 Å². The van der Waals surface area contributed by atoms with E-state index in [9.17, 15) is 14.0 Å². The van der Waals surface area contributed by atoms with Crippen LogP contribution in [0.15, 0.2) is 48.5 Å². The molecule has 1 atom stereocenters. The Morgan fingerprint density at radius 2 is 1.22 bits per heavy atom. The lowest BCUT2D eigenvalue weighted by atomic mass is 9.88. The van der Waals surface area contributed by atoms with E-state index in [-0.39, 0.29) is 12.5 Å². The van der Waals surface area contributed by atoms with Crippen molar-refractivity contribution in [3.8, 4) is 17.2 Å². The maximum atomic E-state index is 13.9. The molecule has 0 aliphatic heterocycles. The van der Waals surface area contributed by atoms with Gasteiger partial charge in [-0.1, -0.05) is 84.5 Å². The summed E-state index contributed by atoms with van der Waals surface area (Å²) < 4.78 is 36.6. The first-order valence-electron chi connectivity index (χ1n) is 17.5. The molecule has 1 saturated carbocycles. The average Bonchev–Trinajstić information content (AvgIpc) is 3.06. The van der Waals surface area contributed by atoms with Crippen LogP contribution in [0.3, 0.4) is 0 Å². The molecule has 0 amide bonds. The van der Waals surface area contributed by atoms with Crippen LogP contribution in [0.2, 0.25) is 0 Å². The Labute approximate surface area is 270 Å². The number of esters is 2. The van der Waals surface area contributed by atoms with Crippen molar-refractivity contribution >= 4 is 11.9 Å². The zero-order valence-electron chi connectivity index (χ0n) is 27.6. The van der Waals surface area contributed by atoms with Gasteiger partial charge in [-0.2, -0.15) is 0 Å². The van der Waals surface area contributed by atoms with Gasteiger partial charge in [-0.3, -0.25) is 0 Å². The number of carbonyl (C=O) groups excluding carboxylic acids is 2. The fraction of sp³-hybridized carbons (Fsp3) is 0.632. The summed E-state index contributed by atoms with van der Waals surface area (Å²) in [6.45, 7) is 5.46. The van der Waals surface area contributed by atoms with Crippen molar-refractivity contribution < 1.29 is 32.9 Å². The highest BCUT2D eigenvalue weighted by Gasteiger charge is 2.27. The number of ether oxygens (including phenoxy) is 4. The van der Waals surface area contributed by atoms with Crippen molar-refractivity contribution in [2.45, 2.75) is 135 Å². The third-order valence-corrected chi connectivity index (χ3v) is 8.52. The molecule has 0 saturated heterocycles. The molecular weight excluding hydrogens is 571 g/mol. The van der Waals surface area contributed by atoms with Crippen LogP contribution in [0.25, 0.3) is 0 Å². The van der Waals surface area contributed by atoms with Gasteiger partial charge < -0.3 is 18.9 Å². The predicted molar refractivity (Wildman–Crippen MR) is 177 cm³/mol. The molecule has 45 heavy (non-hydrogen) atoms. The predicted octanol–water partition coefficient (Wildman–Crippen LogP) is 10.2. The normalized spacial score (nSPS) is 17.0. The molecule has 0 radical (unpaired) electrons. The Bertz CT molecular complexity index is 1080. The van der Waals surface area contributed by atoms with Crippen molar-refractivity contribution in [3.63, 3.8) is 0 Å². The van der Waals surface area contributed by atoms with E-state index in [4.69, 9.17) is 18.9 Å². The molecule has 1 fully saturated rings. The van der Waals surface area contributed by atoms with E-state index in [0.717, 1.165) is 44.3 Å². The Morgan fingerprint density at radius 3 is 1.84 bits per heavy atom. The van der Waals surface area contributed by atoms with E-state index in [1.165, 1.54) is 57.8 Å². The second-order valence-corrected chi connectivity index (χ2v) is 12.4. The largest absolute Gasteiger partial charge is 0.494 e. The quantitative estimate of drug-likeness (QED) is 0.0736. The fourth-order valence-electron chi connectivity index (χ4n) is 5.61. The average molecular weight is 627 g/mol. The van der Waals surface area contributed by atoms with Gasteiger partial charge in [-0.15, -0.1) is 0 Å². The minimum Gasteiger partial charge on any atom is -0.494 e. The highest BCUT2D eigenvalue weighted by Crippen LogP contribution is 2.28. The minimum absolute atomic E-state index is 0.208. The van der Waals surface area contributed by atoms with Crippen LogP contribution in [0.1, 0.15) is 133 Å². The molecule has 3 rings (SSSR count). The van der Waals surface area contributed by atoms with Crippen molar-refractivity contribution in [1.82, 2.24) is 0 Å². The molecule has 7 heteroatoms. The Kier molecular flexibility index (Phi) is 17.5. The van der Waals surface area contributed by atoms with Crippen molar-refractivity contribution in [2.24, 2.45) is 5.92 Å². The number of hydrogen-bond acceptors (Lipinski definition) is 6. The first-order valence-corrected chi connectivity index (χ1v) is 17.5. The molecule has 0 aromatic heterocycles. The lowest BCUT2D eigenvalue weighted by Gasteiger charge is -2.28. The Hall–Kier alpha value is -3.09. The number of rotatable bonds is 22. The molecule has 0 spiro atoms. The van der Waals surface area contributed by atoms with Gasteiger partial charge in [0.1, 0.15) is 23.4 Å². The van der Waals surface area contributed by atoms with E-state index in [2.05, 4.69) is 6.92 Å². The summed E-state index contributed by atoms with van der Waals surface area (Å²) in [6.07, 6.45) is 16.1. The zero-order valence-corrected chi connectivity index (χ0v) is 27.6. The van der Waals surface area contributed by atoms with Gasteiger partial charge in [0.2, 0.25) is 0 Å². The summed E-state index contributed by atoms with van der Waals surface area (Å²) in [6, 6.07) is 14.1. The van der Waals surface area contributed by atoms with Crippen LogP contribution in [0, 0.1) is 5.92 Å². The van der Waals surface area contributed by atoms with Gasteiger partial charge in [-0.05, 0) is 93.0 Å². The Balaban J connectivity index is 1.27. The fourth-order valence-corrected chi connectivity index (χ4v) is 5.61. The molecule has 2 aromatic carbocycles. The Morgan fingerprint density at radius 1 is 0.689 bits per heavy atom. The molecule has 6 nitrogen and oxygen atoms in total. The van der Waals surface area contributed by atoms with Gasteiger partial charge in [0.25, 0.3) is 0 Å².